The maximum atomic E-state index is 12.4. The van der Waals surface area contributed by atoms with E-state index in [1.807, 2.05) is 12.1 Å². The fourth-order valence-electron chi connectivity index (χ4n) is 5.13. The van der Waals surface area contributed by atoms with Gasteiger partial charge in [-0.1, -0.05) is 19.4 Å². The standard InChI is InChI=1S/C22H28N2O4/c1-4-13-11-24-9-8-14-20-17(6-5-7-19(20)25)23-21(14)18(24)10-15(13)16(12-27-2)22(26)28-3/h5-7,12-13,15,18,23,25H,4,8-11H2,1-3H3/b16-12+/t13-,15-,18-/m0/s1. The van der Waals surface area contributed by atoms with Crippen molar-refractivity contribution in [2.24, 2.45) is 11.8 Å². The highest BCUT2D eigenvalue weighted by atomic mass is 16.5. The molecule has 0 unspecified atom stereocenters. The lowest BCUT2D eigenvalue weighted by atomic mass is 9.74. The van der Waals surface area contributed by atoms with Crippen LogP contribution < -0.4 is 0 Å². The first-order valence-corrected chi connectivity index (χ1v) is 9.96. The molecule has 2 N–H and O–H groups in total. The molecule has 0 bridgehead atoms. The quantitative estimate of drug-likeness (QED) is 0.479. The number of benzene rings is 1. The number of rotatable bonds is 4. The highest BCUT2D eigenvalue weighted by Gasteiger charge is 2.42. The van der Waals surface area contributed by atoms with Crippen molar-refractivity contribution in [2.75, 3.05) is 27.3 Å². The van der Waals surface area contributed by atoms with E-state index in [0.717, 1.165) is 43.3 Å². The number of nitrogens with zero attached hydrogens (tertiary/aromatic N) is 1. The lowest BCUT2D eigenvalue weighted by Crippen LogP contribution is -2.47. The van der Waals surface area contributed by atoms with Gasteiger partial charge >= 0.3 is 5.97 Å². The van der Waals surface area contributed by atoms with Crippen LogP contribution in [0.15, 0.2) is 30.0 Å². The molecule has 1 fully saturated rings. The first kappa shape index (κ1) is 18.9. The second kappa shape index (κ2) is 7.51. The van der Waals surface area contributed by atoms with Crippen molar-refractivity contribution in [1.29, 1.82) is 0 Å². The number of hydrogen-bond acceptors (Lipinski definition) is 5. The molecule has 28 heavy (non-hydrogen) atoms. The van der Waals surface area contributed by atoms with Crippen LogP contribution in [-0.2, 0) is 20.7 Å². The maximum absolute atomic E-state index is 12.4. The summed E-state index contributed by atoms with van der Waals surface area (Å²) in [4.78, 5) is 18.5. The van der Waals surface area contributed by atoms with Crippen molar-refractivity contribution in [3.8, 4) is 5.75 Å². The second-order valence-electron chi connectivity index (χ2n) is 7.79. The average molecular weight is 384 g/mol. The van der Waals surface area contributed by atoms with Gasteiger partial charge in [0.05, 0.1) is 32.1 Å². The molecule has 0 amide bonds. The predicted octanol–water partition coefficient (Wildman–Crippen LogP) is 3.52. The largest absolute Gasteiger partial charge is 0.507 e. The number of piperidine rings is 1. The Bertz CT molecular complexity index is 917. The van der Waals surface area contributed by atoms with Crippen LogP contribution >= 0.6 is 0 Å². The van der Waals surface area contributed by atoms with Crippen molar-refractivity contribution in [2.45, 2.75) is 32.2 Å². The highest BCUT2D eigenvalue weighted by molar-refractivity contribution is 5.91. The van der Waals surface area contributed by atoms with Crippen LogP contribution in [0.4, 0.5) is 0 Å². The van der Waals surface area contributed by atoms with Gasteiger partial charge < -0.3 is 19.6 Å². The molecule has 6 nitrogen and oxygen atoms in total. The Labute approximate surface area is 165 Å². The number of carbonyl (C=O) groups is 1. The van der Waals surface area contributed by atoms with E-state index < -0.39 is 0 Å². The molecule has 0 spiro atoms. The van der Waals surface area contributed by atoms with Crippen molar-refractivity contribution in [3.05, 3.63) is 41.3 Å². The molecule has 1 aromatic carbocycles. The number of esters is 1. The van der Waals surface area contributed by atoms with E-state index in [1.54, 1.807) is 19.4 Å². The summed E-state index contributed by atoms with van der Waals surface area (Å²) in [6.45, 7) is 4.07. The average Bonchev–Trinajstić information content (AvgIpc) is 3.10. The van der Waals surface area contributed by atoms with E-state index in [1.165, 1.54) is 18.4 Å². The topological polar surface area (TPSA) is 74.8 Å². The molecule has 4 rings (SSSR count). The Morgan fingerprint density at radius 1 is 1.39 bits per heavy atom. The van der Waals surface area contributed by atoms with Crippen LogP contribution in [0.25, 0.3) is 10.9 Å². The minimum absolute atomic E-state index is 0.0737. The summed E-state index contributed by atoms with van der Waals surface area (Å²) >= 11 is 0. The third kappa shape index (κ3) is 2.96. The SMILES string of the molecule is CC[C@H]1CN2CCc3c([nH]c4cccc(O)c34)[C@@H]2C[C@@H]1/C(=C\OC)C(=O)OC. The molecule has 6 heteroatoms. The normalized spacial score (nSPS) is 25.2. The third-order valence-corrected chi connectivity index (χ3v) is 6.47. The van der Waals surface area contributed by atoms with Gasteiger partial charge in [-0.15, -0.1) is 0 Å². The van der Waals surface area contributed by atoms with E-state index in [4.69, 9.17) is 9.47 Å². The Balaban J connectivity index is 1.75. The zero-order valence-electron chi connectivity index (χ0n) is 16.7. The molecular weight excluding hydrogens is 356 g/mol. The van der Waals surface area contributed by atoms with Gasteiger partial charge in [-0.3, -0.25) is 4.90 Å². The summed E-state index contributed by atoms with van der Waals surface area (Å²) in [6.07, 6.45) is 4.29. The van der Waals surface area contributed by atoms with Gasteiger partial charge in [0.2, 0.25) is 0 Å². The smallest absolute Gasteiger partial charge is 0.337 e. The molecule has 0 aliphatic carbocycles. The minimum Gasteiger partial charge on any atom is -0.507 e. The number of ether oxygens (including phenoxy) is 2. The Hall–Kier alpha value is -2.47. The number of aromatic nitrogens is 1. The van der Waals surface area contributed by atoms with E-state index in [-0.39, 0.29) is 17.9 Å². The number of aromatic hydroxyl groups is 1. The lowest BCUT2D eigenvalue weighted by molar-refractivity contribution is -0.137. The predicted molar refractivity (Wildman–Crippen MR) is 107 cm³/mol. The summed E-state index contributed by atoms with van der Waals surface area (Å²) in [6, 6.07) is 5.81. The Morgan fingerprint density at radius 2 is 2.21 bits per heavy atom. The van der Waals surface area contributed by atoms with Crippen LogP contribution in [0.1, 0.15) is 37.1 Å². The number of aromatic amines is 1. The number of fused-ring (bicyclic) bond motifs is 5. The van der Waals surface area contributed by atoms with Gasteiger partial charge in [-0.05, 0) is 42.4 Å². The molecule has 2 aliphatic heterocycles. The Morgan fingerprint density at radius 3 is 2.93 bits per heavy atom. The molecule has 0 saturated carbocycles. The van der Waals surface area contributed by atoms with Crippen molar-refractivity contribution in [1.82, 2.24) is 9.88 Å². The van der Waals surface area contributed by atoms with Gasteiger partial charge in [0.15, 0.2) is 0 Å². The molecule has 0 radical (unpaired) electrons. The second-order valence-corrected chi connectivity index (χ2v) is 7.79. The zero-order valence-corrected chi connectivity index (χ0v) is 16.7. The maximum Gasteiger partial charge on any atom is 0.337 e. The van der Waals surface area contributed by atoms with Crippen LogP contribution in [0.5, 0.6) is 5.75 Å². The number of H-pyrrole nitrogens is 1. The van der Waals surface area contributed by atoms with E-state index in [0.29, 0.717) is 17.2 Å². The minimum atomic E-state index is -0.316. The van der Waals surface area contributed by atoms with Crippen molar-refractivity contribution >= 4 is 16.9 Å². The van der Waals surface area contributed by atoms with E-state index in [9.17, 15) is 9.90 Å². The highest BCUT2D eigenvalue weighted by Crippen LogP contribution is 2.46. The summed E-state index contributed by atoms with van der Waals surface area (Å²) < 4.78 is 10.3. The van der Waals surface area contributed by atoms with Gasteiger partial charge in [-0.2, -0.15) is 0 Å². The molecule has 3 atom stereocenters. The monoisotopic (exact) mass is 384 g/mol. The first-order chi connectivity index (χ1) is 13.6. The van der Waals surface area contributed by atoms with Crippen molar-refractivity contribution in [3.63, 3.8) is 0 Å². The fraction of sp³-hybridized carbons (Fsp3) is 0.500. The number of nitrogens with one attached hydrogen (secondary N) is 1. The molecule has 1 aromatic heterocycles. The number of phenolic OH excluding ortho intramolecular Hbond substituents is 1. The summed E-state index contributed by atoms with van der Waals surface area (Å²) in [5.74, 6) is 0.460. The van der Waals surface area contributed by atoms with Crippen molar-refractivity contribution < 1.29 is 19.4 Å². The van der Waals surface area contributed by atoms with Gasteiger partial charge in [-0.25, -0.2) is 4.79 Å². The fourth-order valence-corrected chi connectivity index (χ4v) is 5.13. The van der Waals surface area contributed by atoms with Crippen LogP contribution in [0.3, 0.4) is 0 Å². The van der Waals surface area contributed by atoms with Gasteiger partial charge in [0, 0.05) is 29.7 Å². The molecule has 3 heterocycles. The third-order valence-electron chi connectivity index (χ3n) is 6.47. The van der Waals surface area contributed by atoms with Crippen LogP contribution in [-0.4, -0.2) is 48.3 Å². The molecular formula is C22H28N2O4. The number of phenols is 1. The number of carbonyl (C=O) groups excluding carboxylic acids is 1. The Kier molecular flexibility index (Phi) is 5.06. The zero-order chi connectivity index (χ0) is 19.8. The van der Waals surface area contributed by atoms with E-state index >= 15 is 0 Å². The molecule has 150 valence electrons. The number of methoxy groups -OCH3 is 2. The van der Waals surface area contributed by atoms with Crippen LogP contribution in [0, 0.1) is 11.8 Å². The van der Waals surface area contributed by atoms with Crippen LogP contribution in [0.2, 0.25) is 0 Å². The molecule has 2 aliphatic rings. The summed E-state index contributed by atoms with van der Waals surface area (Å²) in [5.41, 5.74) is 3.96. The summed E-state index contributed by atoms with van der Waals surface area (Å²) in [7, 11) is 2.99. The van der Waals surface area contributed by atoms with Gasteiger partial charge in [0.1, 0.15) is 5.75 Å². The molecule has 1 saturated heterocycles. The van der Waals surface area contributed by atoms with E-state index in [2.05, 4.69) is 16.8 Å². The molecule has 2 aromatic rings. The van der Waals surface area contributed by atoms with Gasteiger partial charge in [0.25, 0.3) is 0 Å². The number of hydrogen-bond donors (Lipinski definition) is 2. The lowest BCUT2D eigenvalue weighted by Gasteiger charge is -2.46. The first-order valence-electron chi connectivity index (χ1n) is 9.96. The summed E-state index contributed by atoms with van der Waals surface area (Å²) in [5, 5.41) is 11.3.